The van der Waals surface area contributed by atoms with Gasteiger partial charge in [-0.15, -0.1) is 0 Å². The molecule has 2 aromatic carbocycles. The highest BCUT2D eigenvalue weighted by molar-refractivity contribution is 5.70. The zero-order chi connectivity index (χ0) is 16.9. The number of rotatable bonds is 4. The van der Waals surface area contributed by atoms with Gasteiger partial charge in [-0.1, -0.05) is 36.4 Å². The lowest BCUT2D eigenvalue weighted by Gasteiger charge is -2.14. The van der Waals surface area contributed by atoms with Gasteiger partial charge in [0.15, 0.2) is 0 Å². The van der Waals surface area contributed by atoms with Crippen LogP contribution in [0.1, 0.15) is 36.1 Å². The molecule has 5 heteroatoms. The van der Waals surface area contributed by atoms with Crippen LogP contribution >= 0.6 is 0 Å². The van der Waals surface area contributed by atoms with E-state index in [0.717, 1.165) is 29.5 Å². The Hall–Kier alpha value is -2.82. The number of carbonyl (C=O) groups excluding carboxylic acids is 2. The molecule has 0 fully saturated rings. The summed E-state index contributed by atoms with van der Waals surface area (Å²) in [7, 11) is 0. The van der Waals surface area contributed by atoms with Gasteiger partial charge in [-0.2, -0.15) is 0 Å². The van der Waals surface area contributed by atoms with Crippen LogP contribution in [0, 0.1) is 0 Å². The highest BCUT2D eigenvalue weighted by Crippen LogP contribution is 2.33. The molecule has 1 atom stereocenters. The molecule has 1 N–H and O–H groups in total. The third-order valence-corrected chi connectivity index (χ3v) is 3.96. The van der Waals surface area contributed by atoms with E-state index in [-0.39, 0.29) is 18.6 Å². The van der Waals surface area contributed by atoms with Gasteiger partial charge in [-0.05, 0) is 41.7 Å². The molecule has 0 aromatic heterocycles. The van der Waals surface area contributed by atoms with Crippen LogP contribution in [-0.4, -0.2) is 12.1 Å². The number of carbonyl (C=O) groups is 2. The van der Waals surface area contributed by atoms with Gasteiger partial charge in [-0.25, -0.2) is 4.79 Å². The fraction of sp³-hybridized carbons (Fsp3) is 0.263. The molecule has 2 aromatic rings. The number of ether oxygens (including phenoxy) is 2. The van der Waals surface area contributed by atoms with E-state index in [9.17, 15) is 9.59 Å². The maximum absolute atomic E-state index is 12.0. The van der Waals surface area contributed by atoms with Gasteiger partial charge in [-0.3, -0.25) is 4.79 Å². The Morgan fingerprint density at radius 2 is 1.96 bits per heavy atom. The minimum Gasteiger partial charge on any atom is -0.445 e. The Labute approximate surface area is 140 Å². The van der Waals surface area contributed by atoms with Crippen LogP contribution in [0.3, 0.4) is 0 Å². The fourth-order valence-electron chi connectivity index (χ4n) is 2.88. The number of hydrogen-bond donors (Lipinski definition) is 1. The molecule has 1 amide bonds. The second-order valence-electron chi connectivity index (χ2n) is 5.75. The van der Waals surface area contributed by atoms with Crippen LogP contribution < -0.4 is 10.1 Å². The zero-order valence-corrected chi connectivity index (χ0v) is 13.5. The molecule has 0 spiro atoms. The molecule has 5 nitrogen and oxygen atoms in total. The first kappa shape index (κ1) is 16.1. The fourth-order valence-corrected chi connectivity index (χ4v) is 2.88. The van der Waals surface area contributed by atoms with Crippen LogP contribution in [0.5, 0.6) is 5.75 Å². The Balaban J connectivity index is 1.58. The minimum atomic E-state index is -0.430. The number of amides is 1. The molecule has 1 aliphatic rings. The summed E-state index contributed by atoms with van der Waals surface area (Å²) in [6, 6.07) is 15.0. The van der Waals surface area contributed by atoms with E-state index in [4.69, 9.17) is 9.47 Å². The lowest BCUT2D eigenvalue weighted by Crippen LogP contribution is -2.27. The highest BCUT2D eigenvalue weighted by atomic mass is 16.5. The van der Waals surface area contributed by atoms with Gasteiger partial charge < -0.3 is 14.8 Å². The van der Waals surface area contributed by atoms with E-state index in [0.29, 0.717) is 5.75 Å². The second kappa shape index (κ2) is 7.17. The topological polar surface area (TPSA) is 64.6 Å². The van der Waals surface area contributed by atoms with E-state index in [1.165, 1.54) is 6.92 Å². The Morgan fingerprint density at radius 1 is 1.17 bits per heavy atom. The second-order valence-corrected chi connectivity index (χ2v) is 5.75. The van der Waals surface area contributed by atoms with E-state index in [2.05, 4.69) is 5.32 Å². The van der Waals surface area contributed by atoms with Gasteiger partial charge in [0.05, 0.1) is 6.04 Å². The first-order chi connectivity index (χ1) is 11.6. The number of aryl methyl sites for hydroxylation is 1. The molecule has 1 aliphatic carbocycles. The van der Waals surface area contributed by atoms with Crippen molar-refractivity contribution in [1.82, 2.24) is 5.32 Å². The predicted octanol–water partition coefficient (Wildman–Crippen LogP) is 3.53. The molecule has 124 valence electrons. The molecule has 1 unspecified atom stereocenters. The van der Waals surface area contributed by atoms with Crippen molar-refractivity contribution in [2.24, 2.45) is 0 Å². The maximum atomic E-state index is 12.0. The highest BCUT2D eigenvalue weighted by Gasteiger charge is 2.25. The van der Waals surface area contributed by atoms with Gasteiger partial charge >= 0.3 is 12.1 Å². The first-order valence-corrected chi connectivity index (χ1v) is 7.90. The van der Waals surface area contributed by atoms with Crippen molar-refractivity contribution in [3.63, 3.8) is 0 Å². The van der Waals surface area contributed by atoms with Crippen LogP contribution in [0.15, 0.2) is 48.5 Å². The van der Waals surface area contributed by atoms with Crippen molar-refractivity contribution in [2.45, 2.75) is 32.4 Å². The van der Waals surface area contributed by atoms with Gasteiger partial charge in [0.25, 0.3) is 0 Å². The number of nitrogens with one attached hydrogen (secondary N) is 1. The van der Waals surface area contributed by atoms with Crippen molar-refractivity contribution in [2.75, 3.05) is 0 Å². The van der Waals surface area contributed by atoms with E-state index in [1.807, 2.05) is 42.5 Å². The van der Waals surface area contributed by atoms with Crippen molar-refractivity contribution in [1.29, 1.82) is 0 Å². The van der Waals surface area contributed by atoms with Crippen LogP contribution in [0.4, 0.5) is 4.79 Å². The SMILES string of the molecule is CC(=O)Oc1ccc2c(c1)CCC2NC(=O)OCc1ccccc1. The number of benzene rings is 2. The molecule has 24 heavy (non-hydrogen) atoms. The summed E-state index contributed by atoms with van der Waals surface area (Å²) in [6.07, 6.45) is 1.20. The summed E-state index contributed by atoms with van der Waals surface area (Å²) in [5, 5.41) is 2.90. The van der Waals surface area contributed by atoms with Crippen molar-refractivity contribution >= 4 is 12.1 Å². The molecule has 0 saturated heterocycles. The third-order valence-electron chi connectivity index (χ3n) is 3.96. The summed E-state index contributed by atoms with van der Waals surface area (Å²) in [5.41, 5.74) is 3.08. The number of esters is 1. The molecule has 0 bridgehead atoms. The Morgan fingerprint density at radius 3 is 2.71 bits per heavy atom. The van der Waals surface area contributed by atoms with Crippen LogP contribution in [0.25, 0.3) is 0 Å². The summed E-state index contributed by atoms with van der Waals surface area (Å²) in [5.74, 6) is 0.195. The van der Waals surface area contributed by atoms with Crippen LogP contribution in [-0.2, 0) is 22.6 Å². The summed E-state index contributed by atoms with van der Waals surface area (Å²) in [6.45, 7) is 1.62. The number of alkyl carbamates (subject to hydrolysis) is 1. The average Bonchev–Trinajstić information content (AvgIpc) is 2.95. The van der Waals surface area contributed by atoms with Crippen molar-refractivity contribution in [3.8, 4) is 5.75 Å². The van der Waals surface area contributed by atoms with Crippen molar-refractivity contribution in [3.05, 3.63) is 65.2 Å². The molecule has 3 rings (SSSR count). The predicted molar refractivity (Wildman–Crippen MR) is 88.6 cm³/mol. The Kier molecular flexibility index (Phi) is 4.79. The molecule has 0 saturated carbocycles. The average molecular weight is 325 g/mol. The first-order valence-electron chi connectivity index (χ1n) is 7.90. The molecular formula is C19H19NO4. The normalized spacial score (nSPS) is 15.5. The quantitative estimate of drug-likeness (QED) is 0.690. The van der Waals surface area contributed by atoms with E-state index in [1.54, 1.807) is 6.07 Å². The molecule has 0 aliphatic heterocycles. The monoisotopic (exact) mass is 325 g/mol. The van der Waals surface area contributed by atoms with E-state index < -0.39 is 6.09 Å². The lowest BCUT2D eigenvalue weighted by atomic mass is 10.1. The van der Waals surface area contributed by atoms with E-state index >= 15 is 0 Å². The number of hydrogen-bond acceptors (Lipinski definition) is 4. The van der Waals surface area contributed by atoms with Crippen molar-refractivity contribution < 1.29 is 19.1 Å². The lowest BCUT2D eigenvalue weighted by molar-refractivity contribution is -0.131. The zero-order valence-electron chi connectivity index (χ0n) is 13.5. The molecule has 0 radical (unpaired) electrons. The maximum Gasteiger partial charge on any atom is 0.407 e. The van der Waals surface area contributed by atoms with Gasteiger partial charge in [0.1, 0.15) is 12.4 Å². The Bertz CT molecular complexity index is 742. The number of fused-ring (bicyclic) bond motifs is 1. The standard InChI is InChI=1S/C19H19NO4/c1-13(21)24-16-8-9-17-15(11-16)7-10-18(17)20-19(22)23-12-14-5-3-2-4-6-14/h2-6,8-9,11,18H,7,10,12H2,1H3,(H,20,22). The smallest absolute Gasteiger partial charge is 0.407 e. The summed E-state index contributed by atoms with van der Waals surface area (Å²) < 4.78 is 10.4. The van der Waals surface area contributed by atoms with Gasteiger partial charge in [0, 0.05) is 6.92 Å². The molecular weight excluding hydrogens is 306 g/mol. The van der Waals surface area contributed by atoms with Crippen LogP contribution in [0.2, 0.25) is 0 Å². The van der Waals surface area contributed by atoms with Gasteiger partial charge in [0.2, 0.25) is 0 Å². The molecule has 0 heterocycles. The largest absolute Gasteiger partial charge is 0.445 e. The third kappa shape index (κ3) is 3.93. The summed E-state index contributed by atoms with van der Waals surface area (Å²) in [4.78, 5) is 23.0. The minimum absolute atomic E-state index is 0.0744. The summed E-state index contributed by atoms with van der Waals surface area (Å²) >= 11 is 0.